The SMILES string of the molecule is CNC(Cc1nc2ccccc2s1)c1ncc[nH]1. The van der Waals surface area contributed by atoms with E-state index < -0.39 is 0 Å². The molecular formula is C13H14N4S. The van der Waals surface area contributed by atoms with Crippen molar-refractivity contribution in [3.05, 3.63) is 47.5 Å². The number of nitrogens with zero attached hydrogens (tertiary/aromatic N) is 2. The summed E-state index contributed by atoms with van der Waals surface area (Å²) in [5.41, 5.74) is 1.08. The molecule has 1 unspecified atom stereocenters. The highest BCUT2D eigenvalue weighted by atomic mass is 32.1. The van der Waals surface area contributed by atoms with Gasteiger partial charge in [-0.2, -0.15) is 0 Å². The molecule has 0 saturated carbocycles. The molecule has 2 N–H and O–H groups in total. The van der Waals surface area contributed by atoms with E-state index in [-0.39, 0.29) is 6.04 Å². The van der Waals surface area contributed by atoms with Gasteiger partial charge in [0.2, 0.25) is 0 Å². The Labute approximate surface area is 109 Å². The molecule has 0 aliphatic rings. The quantitative estimate of drug-likeness (QED) is 0.756. The van der Waals surface area contributed by atoms with Gasteiger partial charge in [0, 0.05) is 18.8 Å². The molecule has 0 bridgehead atoms. The smallest absolute Gasteiger partial charge is 0.123 e. The third kappa shape index (κ3) is 2.14. The summed E-state index contributed by atoms with van der Waals surface area (Å²) in [6.07, 6.45) is 4.47. The van der Waals surface area contributed by atoms with E-state index in [9.17, 15) is 0 Å². The summed E-state index contributed by atoms with van der Waals surface area (Å²) in [6.45, 7) is 0. The minimum atomic E-state index is 0.181. The lowest BCUT2D eigenvalue weighted by molar-refractivity contribution is 0.562. The molecule has 0 aliphatic carbocycles. The number of likely N-dealkylation sites (N-methyl/N-ethyl adjacent to an activating group) is 1. The molecule has 1 aromatic carbocycles. The fraction of sp³-hybridized carbons (Fsp3) is 0.231. The van der Waals surface area contributed by atoms with Gasteiger partial charge in [0.15, 0.2) is 0 Å². The van der Waals surface area contributed by atoms with Gasteiger partial charge in [-0.15, -0.1) is 11.3 Å². The lowest BCUT2D eigenvalue weighted by Gasteiger charge is -2.11. The number of thiazole rings is 1. The fourth-order valence-corrected chi connectivity index (χ4v) is 3.00. The second-order valence-corrected chi connectivity index (χ2v) is 5.21. The Bertz CT molecular complexity index is 596. The largest absolute Gasteiger partial charge is 0.347 e. The van der Waals surface area contributed by atoms with E-state index in [1.807, 2.05) is 25.4 Å². The molecule has 92 valence electrons. The summed E-state index contributed by atoms with van der Waals surface area (Å²) < 4.78 is 1.24. The Morgan fingerprint density at radius 3 is 3.00 bits per heavy atom. The van der Waals surface area contributed by atoms with Crippen LogP contribution in [0, 0.1) is 0 Å². The predicted molar refractivity (Wildman–Crippen MR) is 73.7 cm³/mol. The molecule has 2 heterocycles. The molecule has 3 rings (SSSR count). The summed E-state index contributed by atoms with van der Waals surface area (Å²) in [4.78, 5) is 12.1. The van der Waals surface area contributed by atoms with E-state index in [1.165, 1.54) is 4.70 Å². The van der Waals surface area contributed by atoms with Crippen molar-refractivity contribution in [1.29, 1.82) is 0 Å². The van der Waals surface area contributed by atoms with Gasteiger partial charge in [-0.25, -0.2) is 9.97 Å². The monoisotopic (exact) mass is 258 g/mol. The predicted octanol–water partition coefficient (Wildman–Crippen LogP) is 2.52. The van der Waals surface area contributed by atoms with Crippen molar-refractivity contribution in [3.63, 3.8) is 0 Å². The first-order valence-electron chi connectivity index (χ1n) is 5.88. The fourth-order valence-electron chi connectivity index (χ4n) is 1.99. The van der Waals surface area contributed by atoms with E-state index in [0.717, 1.165) is 22.8 Å². The Kier molecular flexibility index (Phi) is 3.08. The van der Waals surface area contributed by atoms with Gasteiger partial charge in [-0.1, -0.05) is 12.1 Å². The lowest BCUT2D eigenvalue weighted by atomic mass is 10.2. The van der Waals surface area contributed by atoms with Crippen molar-refractivity contribution < 1.29 is 0 Å². The number of imidazole rings is 1. The third-order valence-electron chi connectivity index (χ3n) is 2.91. The second-order valence-electron chi connectivity index (χ2n) is 4.10. The first-order valence-corrected chi connectivity index (χ1v) is 6.69. The van der Waals surface area contributed by atoms with Crippen molar-refractivity contribution in [2.75, 3.05) is 7.05 Å². The molecule has 0 fully saturated rings. The molecule has 0 amide bonds. The minimum Gasteiger partial charge on any atom is -0.347 e. The first kappa shape index (κ1) is 11.4. The highest BCUT2D eigenvalue weighted by molar-refractivity contribution is 7.18. The number of hydrogen-bond donors (Lipinski definition) is 2. The van der Waals surface area contributed by atoms with Gasteiger partial charge >= 0.3 is 0 Å². The van der Waals surface area contributed by atoms with Crippen LogP contribution < -0.4 is 5.32 Å². The van der Waals surface area contributed by atoms with Crippen LogP contribution in [0.25, 0.3) is 10.2 Å². The molecule has 0 radical (unpaired) electrons. The summed E-state index contributed by atoms with van der Waals surface area (Å²) >= 11 is 1.75. The van der Waals surface area contributed by atoms with Crippen LogP contribution in [0.15, 0.2) is 36.7 Å². The maximum absolute atomic E-state index is 4.65. The highest BCUT2D eigenvalue weighted by Gasteiger charge is 2.14. The standard InChI is InChI=1S/C13H14N4S/c1-14-10(13-15-6-7-16-13)8-12-17-9-4-2-3-5-11(9)18-12/h2-7,10,14H,8H2,1H3,(H,15,16). The van der Waals surface area contributed by atoms with Crippen LogP contribution in [0.5, 0.6) is 0 Å². The number of fused-ring (bicyclic) bond motifs is 1. The number of H-pyrrole nitrogens is 1. The molecule has 5 heteroatoms. The number of para-hydroxylation sites is 1. The zero-order chi connectivity index (χ0) is 12.4. The van der Waals surface area contributed by atoms with Crippen LogP contribution in [-0.4, -0.2) is 22.0 Å². The summed E-state index contributed by atoms with van der Waals surface area (Å²) in [7, 11) is 1.94. The van der Waals surface area contributed by atoms with E-state index in [0.29, 0.717) is 0 Å². The molecule has 3 aromatic rings. The van der Waals surface area contributed by atoms with Crippen molar-refractivity contribution >= 4 is 21.6 Å². The van der Waals surface area contributed by atoms with Crippen LogP contribution >= 0.6 is 11.3 Å². The van der Waals surface area contributed by atoms with Crippen LogP contribution in [0.2, 0.25) is 0 Å². The highest BCUT2D eigenvalue weighted by Crippen LogP contribution is 2.24. The Morgan fingerprint density at radius 2 is 2.28 bits per heavy atom. The Balaban J connectivity index is 1.86. The maximum Gasteiger partial charge on any atom is 0.123 e. The van der Waals surface area contributed by atoms with Gasteiger partial charge in [0.1, 0.15) is 5.82 Å². The molecule has 0 saturated heterocycles. The van der Waals surface area contributed by atoms with Crippen molar-refractivity contribution in [2.45, 2.75) is 12.5 Å². The van der Waals surface area contributed by atoms with E-state index in [4.69, 9.17) is 0 Å². The third-order valence-corrected chi connectivity index (χ3v) is 3.97. The summed E-state index contributed by atoms with van der Waals surface area (Å²) in [5.74, 6) is 0.955. The number of aromatic amines is 1. The van der Waals surface area contributed by atoms with Gasteiger partial charge in [-0.3, -0.25) is 0 Å². The summed E-state index contributed by atoms with van der Waals surface area (Å²) in [6, 6.07) is 8.41. The molecule has 0 aliphatic heterocycles. The van der Waals surface area contributed by atoms with Crippen LogP contribution in [0.4, 0.5) is 0 Å². The topological polar surface area (TPSA) is 53.6 Å². The van der Waals surface area contributed by atoms with E-state index in [2.05, 4.69) is 32.4 Å². The van der Waals surface area contributed by atoms with E-state index in [1.54, 1.807) is 17.5 Å². The molecule has 2 aromatic heterocycles. The summed E-state index contributed by atoms with van der Waals surface area (Å²) in [5, 5.41) is 4.40. The number of rotatable bonds is 4. The van der Waals surface area contributed by atoms with Crippen LogP contribution in [0.3, 0.4) is 0 Å². The maximum atomic E-state index is 4.65. The minimum absolute atomic E-state index is 0.181. The average Bonchev–Trinajstić information content (AvgIpc) is 3.04. The van der Waals surface area contributed by atoms with Crippen molar-refractivity contribution in [3.8, 4) is 0 Å². The molecular weight excluding hydrogens is 244 g/mol. The average molecular weight is 258 g/mol. The second kappa shape index (κ2) is 4.88. The zero-order valence-electron chi connectivity index (χ0n) is 10.1. The first-order chi connectivity index (χ1) is 8.86. The van der Waals surface area contributed by atoms with Gasteiger partial charge in [-0.05, 0) is 19.2 Å². The molecule has 0 spiro atoms. The zero-order valence-corrected chi connectivity index (χ0v) is 10.9. The van der Waals surface area contributed by atoms with Crippen molar-refractivity contribution in [1.82, 2.24) is 20.3 Å². The lowest BCUT2D eigenvalue weighted by Crippen LogP contribution is -2.20. The number of hydrogen-bond acceptors (Lipinski definition) is 4. The molecule has 4 nitrogen and oxygen atoms in total. The molecule has 18 heavy (non-hydrogen) atoms. The Morgan fingerprint density at radius 1 is 1.39 bits per heavy atom. The van der Waals surface area contributed by atoms with Gasteiger partial charge < -0.3 is 10.3 Å². The number of nitrogens with one attached hydrogen (secondary N) is 2. The number of benzene rings is 1. The van der Waals surface area contributed by atoms with Crippen LogP contribution in [0.1, 0.15) is 16.9 Å². The number of aromatic nitrogens is 3. The Hall–Kier alpha value is -1.72. The van der Waals surface area contributed by atoms with Crippen LogP contribution in [-0.2, 0) is 6.42 Å². The van der Waals surface area contributed by atoms with Crippen molar-refractivity contribution in [2.24, 2.45) is 0 Å². The van der Waals surface area contributed by atoms with E-state index >= 15 is 0 Å². The normalized spacial score (nSPS) is 12.9. The van der Waals surface area contributed by atoms with Gasteiger partial charge in [0.25, 0.3) is 0 Å². The van der Waals surface area contributed by atoms with Gasteiger partial charge in [0.05, 0.1) is 21.3 Å². The molecule has 1 atom stereocenters.